The number of hydrogen-bond acceptors (Lipinski definition) is 4. The molecule has 0 unspecified atom stereocenters. The second-order valence-corrected chi connectivity index (χ2v) is 12.8. The third-order valence-corrected chi connectivity index (χ3v) is 9.51. The number of hydrogen-bond donors (Lipinski definition) is 0. The Balaban J connectivity index is 2.06. The van der Waals surface area contributed by atoms with E-state index in [-0.39, 0.29) is 5.30 Å². The summed E-state index contributed by atoms with van der Waals surface area (Å²) in [6.45, 7) is 16.1. The van der Waals surface area contributed by atoms with Crippen LogP contribution in [-0.4, -0.2) is 24.3 Å². The van der Waals surface area contributed by atoms with Crippen LogP contribution in [0.3, 0.4) is 0 Å². The summed E-state index contributed by atoms with van der Waals surface area (Å²) >= 11 is 0. The van der Waals surface area contributed by atoms with E-state index in [4.69, 9.17) is 4.74 Å². The molecule has 3 aromatic carbocycles. The molecule has 0 fully saturated rings. The van der Waals surface area contributed by atoms with Crippen LogP contribution in [0.4, 0.5) is 0 Å². The summed E-state index contributed by atoms with van der Waals surface area (Å²) in [5.41, 5.74) is 5.57. The number of unbranched alkanes of at least 4 members (excludes halogenated alkanes) is 1. The summed E-state index contributed by atoms with van der Waals surface area (Å²) in [6.07, 6.45) is 4.42. The molecule has 5 heteroatoms. The van der Waals surface area contributed by atoms with Gasteiger partial charge in [0.25, 0.3) is 0 Å². The average Bonchev–Trinajstić information content (AvgIpc) is 2.84. The molecule has 200 valence electrons. The Hall–Kier alpha value is -3.07. The van der Waals surface area contributed by atoms with E-state index in [1.54, 1.807) is 18.2 Å². The summed E-state index contributed by atoms with van der Waals surface area (Å²) in [4.78, 5) is 28.4. The molecule has 3 aromatic rings. The molecule has 0 saturated heterocycles. The van der Waals surface area contributed by atoms with E-state index in [0.29, 0.717) is 24.3 Å². The van der Waals surface area contributed by atoms with E-state index in [0.717, 1.165) is 58.2 Å². The zero-order valence-electron chi connectivity index (χ0n) is 23.5. The van der Waals surface area contributed by atoms with Gasteiger partial charge in [0.05, 0.1) is 6.61 Å². The number of carbonyl (C=O) groups is 2. The number of aryl methyl sites for hydroxylation is 7. The van der Waals surface area contributed by atoms with E-state index in [9.17, 15) is 14.2 Å². The van der Waals surface area contributed by atoms with Gasteiger partial charge in [-0.15, -0.1) is 6.58 Å². The minimum absolute atomic E-state index is 0.282. The standard InChI is InChI=1S/C33H39O4P/c1-8-16-37-17-10-9-11-28-12-14-29(15-13-28)38(36,32(34)30-24(4)18-22(2)19-25(30)5)33(35)31-26(6)20-23(3)21-27(31)7/h8,12-15,18-21H,1,9-11,16-17H2,2-7H3. The first-order valence-corrected chi connectivity index (χ1v) is 14.8. The lowest BCUT2D eigenvalue weighted by atomic mass is 10.0. The molecule has 0 radical (unpaired) electrons. The molecule has 0 aromatic heterocycles. The van der Waals surface area contributed by atoms with E-state index in [2.05, 4.69) is 6.58 Å². The Morgan fingerprint density at radius 2 is 1.21 bits per heavy atom. The molecule has 0 aliphatic heterocycles. The fraction of sp³-hybridized carbons (Fsp3) is 0.333. The highest BCUT2D eigenvalue weighted by Gasteiger charge is 2.44. The molecule has 0 saturated carbocycles. The second-order valence-electron chi connectivity index (χ2n) is 10.3. The van der Waals surface area contributed by atoms with Crippen molar-refractivity contribution in [3.8, 4) is 0 Å². The fourth-order valence-electron chi connectivity index (χ4n) is 5.25. The molecule has 38 heavy (non-hydrogen) atoms. The normalized spacial score (nSPS) is 11.4. The van der Waals surface area contributed by atoms with Gasteiger partial charge in [0.1, 0.15) is 0 Å². The number of rotatable bonds is 12. The van der Waals surface area contributed by atoms with Crippen molar-refractivity contribution in [3.63, 3.8) is 0 Å². The first kappa shape index (κ1) is 29.5. The molecule has 0 bridgehead atoms. The summed E-state index contributed by atoms with van der Waals surface area (Å²) in [6, 6.07) is 14.8. The highest BCUT2D eigenvalue weighted by molar-refractivity contribution is 8.01. The van der Waals surface area contributed by atoms with Gasteiger partial charge >= 0.3 is 0 Å². The first-order valence-electron chi connectivity index (χ1n) is 13.1. The topological polar surface area (TPSA) is 60.4 Å². The molecule has 3 rings (SSSR count). The van der Waals surface area contributed by atoms with Crippen LogP contribution in [0.25, 0.3) is 0 Å². The van der Waals surface area contributed by atoms with Crippen molar-refractivity contribution in [2.75, 3.05) is 13.2 Å². The third-order valence-electron chi connectivity index (χ3n) is 6.89. The van der Waals surface area contributed by atoms with Gasteiger partial charge in [-0.3, -0.25) is 9.59 Å². The van der Waals surface area contributed by atoms with Gasteiger partial charge in [0.15, 0.2) is 0 Å². The zero-order valence-corrected chi connectivity index (χ0v) is 24.4. The number of carbonyl (C=O) groups excluding carboxylic acids is 2. The lowest BCUT2D eigenvalue weighted by Crippen LogP contribution is -2.23. The van der Waals surface area contributed by atoms with Crippen LogP contribution in [0, 0.1) is 41.5 Å². The summed E-state index contributed by atoms with van der Waals surface area (Å²) in [7, 11) is -4.21. The fourth-order valence-corrected chi connectivity index (χ4v) is 7.81. The van der Waals surface area contributed by atoms with Crippen LogP contribution in [0.1, 0.15) is 72.5 Å². The van der Waals surface area contributed by atoms with Gasteiger partial charge in [0, 0.05) is 23.0 Å². The Kier molecular flexibility index (Phi) is 9.82. The maximum Gasteiger partial charge on any atom is 0.248 e. The molecule has 0 aliphatic carbocycles. The lowest BCUT2D eigenvalue weighted by Gasteiger charge is -2.21. The van der Waals surface area contributed by atoms with Gasteiger partial charge in [0.2, 0.25) is 18.2 Å². The van der Waals surface area contributed by atoms with Crippen LogP contribution in [0.5, 0.6) is 0 Å². The van der Waals surface area contributed by atoms with Crippen molar-refractivity contribution < 1.29 is 18.9 Å². The largest absolute Gasteiger partial charge is 0.377 e. The SMILES string of the molecule is C=CCOCCCCc1ccc(P(=O)(C(=O)c2c(C)cc(C)cc2C)C(=O)c2c(C)cc(C)cc2C)cc1. The smallest absolute Gasteiger partial charge is 0.248 e. The van der Waals surface area contributed by atoms with Gasteiger partial charge in [-0.25, -0.2) is 0 Å². The van der Waals surface area contributed by atoms with Crippen molar-refractivity contribution in [2.45, 2.75) is 60.8 Å². The van der Waals surface area contributed by atoms with E-state index in [1.807, 2.05) is 77.9 Å². The van der Waals surface area contributed by atoms with E-state index >= 15 is 0 Å². The Morgan fingerprint density at radius 3 is 1.63 bits per heavy atom. The Morgan fingerprint density at radius 1 is 0.763 bits per heavy atom. The monoisotopic (exact) mass is 530 g/mol. The van der Waals surface area contributed by atoms with Crippen LogP contribution in [0.2, 0.25) is 0 Å². The number of ether oxygens (including phenoxy) is 1. The molecule has 0 spiro atoms. The van der Waals surface area contributed by atoms with Crippen LogP contribution in [-0.2, 0) is 15.7 Å². The maximum atomic E-state index is 14.9. The summed E-state index contributed by atoms with van der Waals surface area (Å²) in [5, 5.41) is 0.282. The van der Waals surface area contributed by atoms with Crippen molar-refractivity contribution in [1.82, 2.24) is 0 Å². The van der Waals surface area contributed by atoms with Crippen molar-refractivity contribution in [1.29, 1.82) is 0 Å². The van der Waals surface area contributed by atoms with E-state index < -0.39 is 18.2 Å². The minimum atomic E-state index is -4.21. The molecular weight excluding hydrogens is 491 g/mol. The molecule has 0 heterocycles. The Bertz CT molecular complexity index is 1280. The van der Waals surface area contributed by atoms with Crippen molar-refractivity contribution in [3.05, 3.63) is 111 Å². The highest BCUT2D eigenvalue weighted by Crippen LogP contribution is 2.52. The quantitative estimate of drug-likeness (QED) is 0.137. The van der Waals surface area contributed by atoms with Crippen molar-refractivity contribution in [2.24, 2.45) is 0 Å². The van der Waals surface area contributed by atoms with Gasteiger partial charge < -0.3 is 9.30 Å². The van der Waals surface area contributed by atoms with Crippen LogP contribution in [0.15, 0.2) is 61.2 Å². The molecule has 4 nitrogen and oxygen atoms in total. The molecule has 0 amide bonds. The Labute approximate surface area is 227 Å². The molecule has 0 N–H and O–H groups in total. The summed E-state index contributed by atoms with van der Waals surface area (Å²) in [5.74, 6) is 0. The summed E-state index contributed by atoms with van der Waals surface area (Å²) < 4.78 is 20.4. The maximum absolute atomic E-state index is 14.9. The van der Waals surface area contributed by atoms with Gasteiger partial charge in [-0.1, -0.05) is 65.7 Å². The van der Waals surface area contributed by atoms with Gasteiger partial charge in [-0.2, -0.15) is 0 Å². The van der Waals surface area contributed by atoms with Crippen LogP contribution >= 0.6 is 7.14 Å². The molecular formula is C33H39O4P. The third kappa shape index (κ3) is 6.31. The van der Waals surface area contributed by atoms with Gasteiger partial charge in [-0.05, 0) is 88.6 Å². The molecule has 0 atom stereocenters. The predicted molar refractivity (Wildman–Crippen MR) is 158 cm³/mol. The van der Waals surface area contributed by atoms with E-state index in [1.165, 1.54) is 0 Å². The van der Waals surface area contributed by atoms with Crippen LogP contribution < -0.4 is 5.30 Å². The zero-order chi connectivity index (χ0) is 28.0. The number of benzene rings is 3. The second kappa shape index (κ2) is 12.7. The first-order chi connectivity index (χ1) is 18.0. The minimum Gasteiger partial charge on any atom is -0.377 e. The predicted octanol–water partition coefficient (Wildman–Crippen LogP) is 7.73. The highest BCUT2D eigenvalue weighted by atomic mass is 31.2. The van der Waals surface area contributed by atoms with Crippen molar-refractivity contribution >= 4 is 23.5 Å². The average molecular weight is 531 g/mol. The molecule has 0 aliphatic rings. The lowest BCUT2D eigenvalue weighted by molar-refractivity contribution is 0.104.